The van der Waals surface area contributed by atoms with Crippen molar-refractivity contribution >= 4 is 45.7 Å². The number of rotatable bonds is 10. The number of amides is 1. The van der Waals surface area contributed by atoms with Crippen LogP contribution in [0.15, 0.2) is 29.4 Å². The van der Waals surface area contributed by atoms with Crippen LogP contribution >= 0.6 is 34.7 Å². The van der Waals surface area contributed by atoms with Gasteiger partial charge in [0.15, 0.2) is 17.1 Å². The predicted octanol–water partition coefficient (Wildman–Crippen LogP) is 5.26. The zero-order chi connectivity index (χ0) is 23.3. The van der Waals surface area contributed by atoms with Gasteiger partial charge in [-0.2, -0.15) is 0 Å². The number of thioether (sulfide) groups is 1. The first-order valence-electron chi connectivity index (χ1n) is 10.4. The highest BCUT2D eigenvalue weighted by atomic mass is 35.5. The molecule has 3 aromatic rings. The molecule has 2 unspecified atom stereocenters. The summed E-state index contributed by atoms with van der Waals surface area (Å²) in [5, 5.41) is 21.8. The second-order valence-electron chi connectivity index (χ2n) is 7.64. The molecule has 3 rings (SSSR count). The Bertz CT molecular complexity index is 1050. The molecule has 2 aromatic heterocycles. The molecular weight excluding hydrogens is 468 g/mol. The van der Waals surface area contributed by atoms with Gasteiger partial charge in [-0.15, -0.1) is 20.4 Å². The molecule has 1 N–H and O–H groups in total. The van der Waals surface area contributed by atoms with E-state index in [-0.39, 0.29) is 12.0 Å². The molecule has 32 heavy (non-hydrogen) atoms. The number of anilines is 1. The van der Waals surface area contributed by atoms with Crippen LogP contribution in [0.3, 0.4) is 0 Å². The molecule has 0 aliphatic carbocycles. The lowest BCUT2D eigenvalue weighted by Crippen LogP contribution is -2.23. The molecule has 0 aliphatic heterocycles. The lowest BCUT2D eigenvalue weighted by molar-refractivity contribution is -0.115. The first-order chi connectivity index (χ1) is 15.3. The normalized spacial score (nSPS) is 13.2. The molecule has 1 amide bonds. The molecular formula is C21H27ClN6O2S2. The van der Waals surface area contributed by atoms with Crippen LogP contribution in [0.2, 0.25) is 5.02 Å². The summed E-state index contributed by atoms with van der Waals surface area (Å²) in [6, 6.07) is 7.33. The van der Waals surface area contributed by atoms with Crippen molar-refractivity contribution in [3.8, 4) is 5.75 Å². The van der Waals surface area contributed by atoms with Crippen molar-refractivity contribution in [3.63, 3.8) is 0 Å². The summed E-state index contributed by atoms with van der Waals surface area (Å²) in [7, 11) is 0. The maximum Gasteiger partial charge on any atom is 0.239 e. The number of aromatic nitrogens is 5. The fourth-order valence-corrected chi connectivity index (χ4v) is 4.60. The van der Waals surface area contributed by atoms with E-state index in [1.165, 1.54) is 23.1 Å². The van der Waals surface area contributed by atoms with Gasteiger partial charge in [0.25, 0.3) is 0 Å². The zero-order valence-corrected chi connectivity index (χ0v) is 21.1. The minimum atomic E-state index is -0.397. The highest BCUT2D eigenvalue weighted by molar-refractivity contribution is 8.00. The van der Waals surface area contributed by atoms with Gasteiger partial charge in [-0.1, -0.05) is 67.6 Å². The third kappa shape index (κ3) is 6.20. The van der Waals surface area contributed by atoms with Crippen molar-refractivity contribution in [2.75, 3.05) is 5.32 Å². The maximum absolute atomic E-state index is 12.7. The smallest absolute Gasteiger partial charge is 0.239 e. The summed E-state index contributed by atoms with van der Waals surface area (Å²) in [6.07, 6.45) is 0.418. The number of nitrogens with one attached hydrogen (secondary N) is 1. The van der Waals surface area contributed by atoms with Gasteiger partial charge in [0.1, 0.15) is 10.8 Å². The standard InChI is InChI=1S/C21H27ClN6O2S2/c1-6-17-24-26-20(32-17)23-19(29)14(5)31-21-27-25-18(28(21)11-12(2)3)13(4)30-16-10-8-7-9-15(16)22/h7-10,12-14H,6,11H2,1-5H3,(H,23,26,29). The Labute approximate surface area is 201 Å². The average Bonchev–Trinajstić information content (AvgIpc) is 3.36. The lowest BCUT2D eigenvalue weighted by atomic mass is 10.2. The second-order valence-corrected chi connectivity index (χ2v) is 10.4. The summed E-state index contributed by atoms with van der Waals surface area (Å²) in [6.45, 7) is 10.7. The monoisotopic (exact) mass is 494 g/mol. The molecule has 172 valence electrons. The van der Waals surface area contributed by atoms with E-state index in [1.54, 1.807) is 6.07 Å². The van der Waals surface area contributed by atoms with Gasteiger partial charge in [-0.25, -0.2) is 0 Å². The summed E-state index contributed by atoms with van der Waals surface area (Å²) in [4.78, 5) is 12.7. The van der Waals surface area contributed by atoms with E-state index in [4.69, 9.17) is 16.3 Å². The third-order valence-electron chi connectivity index (χ3n) is 4.45. The molecule has 2 heterocycles. The number of benzene rings is 1. The molecule has 0 spiro atoms. The zero-order valence-electron chi connectivity index (χ0n) is 18.7. The molecule has 0 radical (unpaired) electrons. The van der Waals surface area contributed by atoms with E-state index >= 15 is 0 Å². The summed E-state index contributed by atoms with van der Waals surface area (Å²) in [5.41, 5.74) is 0. The number of para-hydroxylation sites is 1. The first kappa shape index (κ1) is 24.5. The van der Waals surface area contributed by atoms with E-state index in [0.717, 1.165) is 11.4 Å². The van der Waals surface area contributed by atoms with Gasteiger partial charge >= 0.3 is 0 Å². The minimum Gasteiger partial charge on any atom is -0.481 e. The highest BCUT2D eigenvalue weighted by Crippen LogP contribution is 2.31. The molecule has 11 heteroatoms. The maximum atomic E-state index is 12.7. The number of ether oxygens (including phenoxy) is 1. The van der Waals surface area contributed by atoms with Gasteiger partial charge in [0.05, 0.1) is 10.3 Å². The van der Waals surface area contributed by atoms with Crippen molar-refractivity contribution in [2.45, 2.75) is 64.1 Å². The number of aryl methyl sites for hydroxylation is 1. The van der Waals surface area contributed by atoms with Crippen molar-refractivity contribution in [2.24, 2.45) is 5.92 Å². The van der Waals surface area contributed by atoms with Crippen LogP contribution in [0.5, 0.6) is 5.75 Å². The Morgan fingerprint density at radius 1 is 1.19 bits per heavy atom. The van der Waals surface area contributed by atoms with Crippen LogP contribution in [-0.4, -0.2) is 36.1 Å². The van der Waals surface area contributed by atoms with Gasteiger partial charge in [-0.3, -0.25) is 10.1 Å². The van der Waals surface area contributed by atoms with Crippen molar-refractivity contribution in [3.05, 3.63) is 40.1 Å². The average molecular weight is 495 g/mol. The van der Waals surface area contributed by atoms with Gasteiger partial charge in [-0.05, 0) is 38.3 Å². The Kier molecular flexibility index (Phi) is 8.50. The Morgan fingerprint density at radius 2 is 1.94 bits per heavy atom. The Balaban J connectivity index is 1.75. The molecule has 8 nitrogen and oxygen atoms in total. The van der Waals surface area contributed by atoms with E-state index < -0.39 is 5.25 Å². The van der Waals surface area contributed by atoms with E-state index in [1.807, 2.05) is 43.5 Å². The quantitative estimate of drug-likeness (QED) is 0.384. The second kappa shape index (κ2) is 11.1. The number of nitrogens with zero attached hydrogens (tertiary/aromatic N) is 5. The van der Waals surface area contributed by atoms with E-state index in [2.05, 4.69) is 39.6 Å². The van der Waals surface area contributed by atoms with Crippen molar-refractivity contribution < 1.29 is 9.53 Å². The van der Waals surface area contributed by atoms with Crippen LogP contribution in [0.25, 0.3) is 0 Å². The van der Waals surface area contributed by atoms with Crippen LogP contribution in [0.1, 0.15) is 51.6 Å². The van der Waals surface area contributed by atoms with Crippen LogP contribution in [0, 0.1) is 5.92 Å². The third-order valence-corrected chi connectivity index (χ3v) is 6.82. The topological polar surface area (TPSA) is 94.8 Å². The Morgan fingerprint density at radius 3 is 2.59 bits per heavy atom. The molecule has 0 fully saturated rings. The fourth-order valence-electron chi connectivity index (χ4n) is 2.87. The SMILES string of the molecule is CCc1nnc(NC(=O)C(C)Sc2nnc(C(C)Oc3ccccc3Cl)n2CC(C)C)s1. The Hall–Kier alpha value is -2.17. The number of carbonyl (C=O) groups excluding carboxylic acids is 1. The molecule has 1 aromatic carbocycles. The molecule has 0 saturated heterocycles. The molecule has 2 atom stereocenters. The predicted molar refractivity (Wildman–Crippen MR) is 129 cm³/mol. The largest absolute Gasteiger partial charge is 0.481 e. The summed E-state index contributed by atoms with van der Waals surface area (Å²) in [5.74, 6) is 1.47. The van der Waals surface area contributed by atoms with Crippen molar-refractivity contribution in [1.82, 2.24) is 25.0 Å². The van der Waals surface area contributed by atoms with E-state index in [0.29, 0.717) is 39.3 Å². The highest BCUT2D eigenvalue weighted by Gasteiger charge is 2.25. The van der Waals surface area contributed by atoms with Crippen molar-refractivity contribution in [1.29, 1.82) is 0 Å². The van der Waals surface area contributed by atoms with E-state index in [9.17, 15) is 4.79 Å². The van der Waals surface area contributed by atoms with Gasteiger partial charge in [0, 0.05) is 6.54 Å². The number of hydrogen-bond acceptors (Lipinski definition) is 8. The van der Waals surface area contributed by atoms with Gasteiger partial charge in [0.2, 0.25) is 11.0 Å². The first-order valence-corrected chi connectivity index (χ1v) is 12.5. The molecule has 0 bridgehead atoms. The summed E-state index contributed by atoms with van der Waals surface area (Å²) < 4.78 is 8.07. The number of carbonyl (C=O) groups is 1. The number of hydrogen-bond donors (Lipinski definition) is 1. The fraction of sp³-hybridized carbons (Fsp3) is 0.476. The van der Waals surface area contributed by atoms with Crippen LogP contribution in [0.4, 0.5) is 5.13 Å². The minimum absolute atomic E-state index is 0.158. The number of halogens is 1. The molecule has 0 aliphatic rings. The molecule has 0 saturated carbocycles. The van der Waals surface area contributed by atoms with Crippen LogP contribution < -0.4 is 10.1 Å². The van der Waals surface area contributed by atoms with Crippen LogP contribution in [-0.2, 0) is 17.8 Å². The lowest BCUT2D eigenvalue weighted by Gasteiger charge is -2.19. The van der Waals surface area contributed by atoms with Gasteiger partial charge < -0.3 is 9.30 Å². The summed E-state index contributed by atoms with van der Waals surface area (Å²) >= 11 is 8.98.